The van der Waals surface area contributed by atoms with Crippen LogP contribution in [0.1, 0.15) is 48.1 Å². The van der Waals surface area contributed by atoms with Gasteiger partial charge in [0.2, 0.25) is 11.7 Å². The van der Waals surface area contributed by atoms with Crippen LogP contribution in [0.4, 0.5) is 0 Å². The van der Waals surface area contributed by atoms with Crippen molar-refractivity contribution in [3.8, 4) is 11.4 Å². The molecule has 6 nitrogen and oxygen atoms in total. The van der Waals surface area contributed by atoms with Crippen LogP contribution in [0.25, 0.3) is 21.6 Å². The van der Waals surface area contributed by atoms with E-state index in [1.54, 1.807) is 22.2 Å². The second-order valence-electron chi connectivity index (χ2n) is 7.48. The van der Waals surface area contributed by atoms with Crippen molar-refractivity contribution < 1.29 is 4.52 Å². The predicted octanol–water partition coefficient (Wildman–Crippen LogP) is 4.39. The van der Waals surface area contributed by atoms with Gasteiger partial charge in [0, 0.05) is 10.4 Å². The Bertz CT molecular complexity index is 1220. The minimum absolute atomic E-state index is 0.0125. The molecule has 148 valence electrons. The zero-order valence-electron chi connectivity index (χ0n) is 16.4. The molecule has 0 atom stereocenters. The Hall–Kier alpha value is -2.80. The van der Waals surface area contributed by atoms with Gasteiger partial charge in [-0.3, -0.25) is 9.36 Å². The molecule has 4 aromatic rings. The number of aryl methyl sites for hydroxylation is 3. The highest BCUT2D eigenvalue weighted by molar-refractivity contribution is 7.18. The highest BCUT2D eigenvalue weighted by Crippen LogP contribution is 2.32. The van der Waals surface area contributed by atoms with Crippen LogP contribution in [0.15, 0.2) is 39.9 Å². The van der Waals surface area contributed by atoms with Gasteiger partial charge in [0.1, 0.15) is 11.4 Å². The number of fused-ring (bicyclic) bond motifs is 3. The van der Waals surface area contributed by atoms with E-state index in [0.717, 1.165) is 41.5 Å². The van der Waals surface area contributed by atoms with E-state index in [1.807, 2.05) is 12.1 Å². The molecule has 0 unspecified atom stereocenters. The molecule has 0 spiro atoms. The summed E-state index contributed by atoms with van der Waals surface area (Å²) in [5.74, 6) is 0.943. The number of benzene rings is 1. The molecule has 0 radical (unpaired) electrons. The molecule has 1 aromatic carbocycles. The Kier molecular flexibility index (Phi) is 4.75. The van der Waals surface area contributed by atoms with Crippen molar-refractivity contribution in [3.63, 3.8) is 0 Å². The molecule has 0 saturated heterocycles. The first-order chi connectivity index (χ1) is 14.2. The molecule has 0 N–H and O–H groups in total. The molecule has 0 saturated carbocycles. The molecule has 7 heteroatoms. The van der Waals surface area contributed by atoms with E-state index in [1.165, 1.54) is 28.8 Å². The van der Waals surface area contributed by atoms with Gasteiger partial charge in [-0.05, 0) is 43.2 Å². The minimum Gasteiger partial charge on any atom is -0.337 e. The van der Waals surface area contributed by atoms with Crippen molar-refractivity contribution in [2.24, 2.45) is 0 Å². The number of rotatable bonds is 4. The summed E-state index contributed by atoms with van der Waals surface area (Å²) in [5, 5.41) is 4.86. The fourth-order valence-electron chi connectivity index (χ4n) is 3.94. The Labute approximate surface area is 172 Å². The molecule has 29 heavy (non-hydrogen) atoms. The molecule has 1 aliphatic rings. The topological polar surface area (TPSA) is 73.8 Å². The van der Waals surface area contributed by atoms with Crippen LogP contribution in [0, 0.1) is 0 Å². The number of hydrogen-bond acceptors (Lipinski definition) is 6. The van der Waals surface area contributed by atoms with Crippen LogP contribution in [0.3, 0.4) is 0 Å². The molecule has 0 aliphatic heterocycles. The van der Waals surface area contributed by atoms with Crippen molar-refractivity contribution in [1.82, 2.24) is 19.7 Å². The normalized spacial score (nSPS) is 14.1. The van der Waals surface area contributed by atoms with Gasteiger partial charge in [-0.15, -0.1) is 11.3 Å². The van der Waals surface area contributed by atoms with Gasteiger partial charge < -0.3 is 4.52 Å². The zero-order valence-corrected chi connectivity index (χ0v) is 17.2. The van der Waals surface area contributed by atoms with Crippen LogP contribution in [0.2, 0.25) is 0 Å². The van der Waals surface area contributed by atoms with E-state index >= 15 is 0 Å². The standard InChI is InChI=1S/C22H22N4O2S/c1-2-14-8-10-15(11-9-14)20-24-18(28-25-20)12-26-13-23-21-19(22(26)27)16-6-4-3-5-7-17(16)29-21/h8-11,13H,2-7,12H2,1H3. The van der Waals surface area contributed by atoms with Gasteiger partial charge in [0.05, 0.1) is 11.7 Å². The molecule has 5 rings (SSSR count). The lowest BCUT2D eigenvalue weighted by atomic mass is 10.1. The van der Waals surface area contributed by atoms with Gasteiger partial charge >= 0.3 is 0 Å². The summed E-state index contributed by atoms with van der Waals surface area (Å²) in [7, 11) is 0. The lowest BCUT2D eigenvalue weighted by molar-refractivity contribution is 0.369. The lowest BCUT2D eigenvalue weighted by Gasteiger charge is -2.03. The largest absolute Gasteiger partial charge is 0.337 e. The Morgan fingerprint density at radius 2 is 1.97 bits per heavy atom. The number of hydrogen-bond donors (Lipinski definition) is 0. The van der Waals surface area contributed by atoms with Crippen LogP contribution in [-0.4, -0.2) is 19.7 Å². The monoisotopic (exact) mass is 406 g/mol. The number of nitrogens with zero attached hydrogens (tertiary/aromatic N) is 4. The molecule has 1 aliphatic carbocycles. The zero-order chi connectivity index (χ0) is 19.8. The van der Waals surface area contributed by atoms with Crippen molar-refractivity contribution in [2.75, 3.05) is 0 Å². The number of aromatic nitrogens is 4. The van der Waals surface area contributed by atoms with Gasteiger partial charge in [-0.25, -0.2) is 4.98 Å². The Morgan fingerprint density at radius 1 is 1.14 bits per heavy atom. The summed E-state index contributed by atoms with van der Waals surface area (Å²) in [5.41, 5.74) is 3.36. The average molecular weight is 407 g/mol. The smallest absolute Gasteiger partial charge is 0.262 e. The van der Waals surface area contributed by atoms with Crippen LogP contribution < -0.4 is 5.56 Å². The third-order valence-electron chi connectivity index (χ3n) is 5.59. The van der Waals surface area contributed by atoms with Crippen LogP contribution in [0.5, 0.6) is 0 Å². The van der Waals surface area contributed by atoms with E-state index in [-0.39, 0.29) is 12.1 Å². The summed E-state index contributed by atoms with van der Waals surface area (Å²) in [6.45, 7) is 2.35. The van der Waals surface area contributed by atoms with Gasteiger partial charge in [0.25, 0.3) is 5.56 Å². The van der Waals surface area contributed by atoms with E-state index in [2.05, 4.69) is 34.2 Å². The van der Waals surface area contributed by atoms with Crippen LogP contribution >= 0.6 is 11.3 Å². The summed E-state index contributed by atoms with van der Waals surface area (Å²) in [4.78, 5) is 24.4. The SMILES string of the molecule is CCc1ccc(-c2noc(Cn3cnc4sc5c(c4c3=O)CCCCC5)n2)cc1. The Morgan fingerprint density at radius 3 is 2.79 bits per heavy atom. The fourth-order valence-corrected chi connectivity index (χ4v) is 5.16. The Balaban J connectivity index is 1.46. The predicted molar refractivity (Wildman–Crippen MR) is 113 cm³/mol. The summed E-state index contributed by atoms with van der Waals surface area (Å²) in [6.07, 6.45) is 8.16. The summed E-state index contributed by atoms with van der Waals surface area (Å²) < 4.78 is 7.00. The molecule has 3 aromatic heterocycles. The maximum atomic E-state index is 13.2. The second-order valence-corrected chi connectivity index (χ2v) is 8.57. The molecule has 3 heterocycles. The molecule has 0 bridgehead atoms. The van der Waals surface area contributed by atoms with Crippen molar-refractivity contribution in [2.45, 2.75) is 52.0 Å². The first-order valence-electron chi connectivity index (χ1n) is 10.1. The van der Waals surface area contributed by atoms with E-state index in [4.69, 9.17) is 4.52 Å². The van der Waals surface area contributed by atoms with E-state index in [9.17, 15) is 4.79 Å². The average Bonchev–Trinajstić information content (AvgIpc) is 3.28. The van der Waals surface area contributed by atoms with Crippen LogP contribution in [-0.2, 0) is 25.8 Å². The first kappa shape index (κ1) is 18.2. The molecule has 0 amide bonds. The van der Waals surface area contributed by atoms with Crippen molar-refractivity contribution in [1.29, 1.82) is 0 Å². The molecular weight excluding hydrogens is 384 g/mol. The quantitative estimate of drug-likeness (QED) is 0.470. The first-order valence-corrected chi connectivity index (χ1v) is 11.0. The molecule has 0 fully saturated rings. The summed E-state index contributed by atoms with van der Waals surface area (Å²) >= 11 is 1.67. The lowest BCUT2D eigenvalue weighted by Crippen LogP contribution is -2.21. The van der Waals surface area contributed by atoms with Gasteiger partial charge in [-0.1, -0.05) is 42.8 Å². The van der Waals surface area contributed by atoms with Crippen molar-refractivity contribution >= 4 is 21.6 Å². The highest BCUT2D eigenvalue weighted by Gasteiger charge is 2.20. The van der Waals surface area contributed by atoms with Crippen molar-refractivity contribution in [3.05, 3.63) is 62.8 Å². The maximum absolute atomic E-state index is 13.2. The van der Waals surface area contributed by atoms with Gasteiger partial charge in [-0.2, -0.15) is 4.98 Å². The van der Waals surface area contributed by atoms with Gasteiger partial charge in [0.15, 0.2) is 0 Å². The third kappa shape index (κ3) is 3.40. The molecular formula is C22H22N4O2S. The minimum atomic E-state index is -0.0125. The van der Waals surface area contributed by atoms with E-state index < -0.39 is 0 Å². The summed E-state index contributed by atoms with van der Waals surface area (Å²) in [6, 6.07) is 8.12. The maximum Gasteiger partial charge on any atom is 0.262 e. The second kappa shape index (κ2) is 7.55. The highest BCUT2D eigenvalue weighted by atomic mass is 32.1. The number of thiophene rings is 1. The third-order valence-corrected chi connectivity index (χ3v) is 6.79. The van der Waals surface area contributed by atoms with E-state index in [0.29, 0.717) is 11.7 Å². The fraction of sp³-hybridized carbons (Fsp3) is 0.364.